The van der Waals surface area contributed by atoms with Crippen LogP contribution in [0, 0.1) is 0 Å². The average Bonchev–Trinajstić information content (AvgIpc) is 1.91. The molecule has 0 spiro atoms. The lowest BCUT2D eigenvalue weighted by Crippen LogP contribution is -1.56. The van der Waals surface area contributed by atoms with E-state index in [1.54, 1.807) is 24.3 Å². The van der Waals surface area contributed by atoms with Crippen molar-refractivity contribution in [2.24, 2.45) is 0 Å². The molecule has 0 radical (unpaired) electrons. The van der Waals surface area contributed by atoms with Crippen LogP contribution in [0.4, 0.5) is 0 Å². The maximum atomic E-state index is 8.85. The molecule has 54 valence electrons. The first-order valence-electron chi connectivity index (χ1n) is 2.71. The molecule has 1 N–H and O–H groups in total. The van der Waals surface area contributed by atoms with Crippen molar-refractivity contribution in [2.45, 2.75) is 0 Å². The van der Waals surface area contributed by atoms with Crippen LogP contribution in [0.25, 0.3) is 0 Å². The third-order valence-electron chi connectivity index (χ3n) is 0.756. The summed E-state index contributed by atoms with van der Waals surface area (Å²) in [5.41, 5.74) is 0. The number of aromatic hydroxyl groups is 1. The molecule has 0 aromatic heterocycles. The van der Waals surface area contributed by atoms with E-state index in [2.05, 4.69) is 0 Å². The van der Waals surface area contributed by atoms with E-state index in [4.69, 9.17) is 9.32 Å². The molecule has 0 heterocycles. The number of phenolic OH excluding ortho intramolecular Hbond substituents is 1. The molecule has 0 saturated carbocycles. The number of para-hydroxylation sites is 1. The number of hydrogen-bond donors (Lipinski definition) is 1. The normalized spacial score (nSPS) is 7.30. The summed E-state index contributed by atoms with van der Waals surface area (Å²) in [6.45, 7) is 0. The van der Waals surface area contributed by atoms with Gasteiger partial charge in [0.15, 0.2) is 0 Å². The van der Waals surface area contributed by atoms with Crippen molar-refractivity contribution in [3.63, 3.8) is 0 Å². The highest BCUT2D eigenvalue weighted by atomic mass is 32.1. The van der Waals surface area contributed by atoms with Gasteiger partial charge in [-0.2, -0.15) is 0 Å². The van der Waals surface area contributed by atoms with Crippen LogP contribution in [0.5, 0.6) is 5.75 Å². The molecule has 1 aromatic rings. The van der Waals surface area contributed by atoms with Crippen LogP contribution in [-0.2, 0) is 15.9 Å². The first kappa shape index (κ1) is 9.04. The summed E-state index contributed by atoms with van der Waals surface area (Å²) in [5.74, 6) is 0.322. The quantitative estimate of drug-likeness (QED) is 0.578. The highest BCUT2D eigenvalue weighted by Crippen LogP contribution is 2.02. The van der Waals surface area contributed by atoms with Crippen molar-refractivity contribution in [1.29, 1.82) is 0 Å². The van der Waals surface area contributed by atoms with Gasteiger partial charge in [-0.05, 0) is 12.1 Å². The van der Waals surface area contributed by atoms with Gasteiger partial charge in [-0.3, -0.25) is 0 Å². The summed E-state index contributed by atoms with van der Waals surface area (Å²) < 4.78 is 8.85. The van der Waals surface area contributed by atoms with Crippen molar-refractivity contribution < 1.29 is 9.32 Å². The van der Waals surface area contributed by atoms with Crippen LogP contribution >= 0.6 is 0 Å². The number of rotatable bonds is 0. The highest BCUT2D eigenvalue weighted by Gasteiger charge is 1.74. The fraction of sp³-hybridized carbons (Fsp3) is 0.143. The van der Waals surface area contributed by atoms with Crippen LogP contribution in [0.15, 0.2) is 30.3 Å². The Balaban J connectivity index is 0.000000236. The molecular weight excluding hydrogens is 148 g/mol. The molecule has 0 aliphatic rings. The molecule has 0 unspecified atom stereocenters. The second kappa shape index (κ2) is 6.16. The molecule has 3 heteroatoms. The molecule has 0 aliphatic heterocycles. The second-order valence-corrected chi connectivity index (χ2v) is 1.84. The maximum absolute atomic E-state index is 8.85. The van der Waals surface area contributed by atoms with E-state index in [0.717, 1.165) is 0 Å². The van der Waals surface area contributed by atoms with E-state index in [1.165, 1.54) is 6.26 Å². The summed E-state index contributed by atoms with van der Waals surface area (Å²) in [6, 6.07) is 8.71. The lowest BCUT2D eigenvalue weighted by molar-refractivity contribution is 0.475. The molecule has 1 aromatic carbocycles. The third-order valence-corrected chi connectivity index (χ3v) is 0.756. The fourth-order valence-corrected chi connectivity index (χ4v) is 0.428. The largest absolute Gasteiger partial charge is 0.508 e. The van der Waals surface area contributed by atoms with Gasteiger partial charge in [0.1, 0.15) is 5.75 Å². The van der Waals surface area contributed by atoms with Crippen LogP contribution < -0.4 is 0 Å². The lowest BCUT2D eigenvalue weighted by Gasteiger charge is -1.82. The van der Waals surface area contributed by atoms with Crippen molar-refractivity contribution in [3.8, 4) is 5.75 Å². The molecule has 10 heavy (non-hydrogen) atoms. The van der Waals surface area contributed by atoms with Gasteiger partial charge in [0.05, 0.1) is 0 Å². The van der Waals surface area contributed by atoms with Crippen molar-refractivity contribution in [3.05, 3.63) is 30.3 Å². The maximum Gasteiger partial charge on any atom is 0.455 e. The number of hydrogen-bond acceptors (Lipinski definition) is 2. The van der Waals surface area contributed by atoms with Crippen molar-refractivity contribution >= 4 is 11.7 Å². The van der Waals surface area contributed by atoms with E-state index in [9.17, 15) is 0 Å². The predicted molar refractivity (Wildman–Crippen MR) is 42.1 cm³/mol. The Labute approximate surface area is 64.0 Å². The Hall–Kier alpha value is -0.960. The van der Waals surface area contributed by atoms with E-state index < -0.39 is 0 Å². The lowest BCUT2D eigenvalue weighted by atomic mass is 10.3. The summed E-state index contributed by atoms with van der Waals surface area (Å²) in [5, 5.41) is 8.63. The van der Waals surface area contributed by atoms with Gasteiger partial charge in [0.25, 0.3) is 0 Å². The molecule has 0 aliphatic carbocycles. The Bertz CT molecular complexity index is 174. The van der Waals surface area contributed by atoms with Crippen molar-refractivity contribution in [1.82, 2.24) is 0 Å². The first-order valence-corrected chi connectivity index (χ1v) is 3.86. The summed E-state index contributed by atoms with van der Waals surface area (Å²) in [7, 11) is 0. The van der Waals surface area contributed by atoms with Crippen LogP contribution in [0.3, 0.4) is 0 Å². The fourth-order valence-electron chi connectivity index (χ4n) is 0.428. The molecular formula is C7H9O2S+. The third kappa shape index (κ3) is 5.18. The van der Waals surface area contributed by atoms with Crippen LogP contribution in [0.1, 0.15) is 0 Å². The minimum absolute atomic E-state index is 0.322. The first-order chi connectivity index (χ1) is 4.81. The molecule has 1 rings (SSSR count). The zero-order valence-corrected chi connectivity index (χ0v) is 6.47. The van der Waals surface area contributed by atoms with Gasteiger partial charge in [0.2, 0.25) is 6.26 Å². The summed E-state index contributed by atoms with van der Waals surface area (Å²) >= 11 is 0.500. The molecule has 0 bridgehead atoms. The zero-order chi connectivity index (χ0) is 7.82. The van der Waals surface area contributed by atoms with Gasteiger partial charge in [0, 0.05) is 4.21 Å². The Morgan fingerprint density at radius 3 is 1.90 bits per heavy atom. The SMILES string of the molecule is C[S+]=O.Oc1ccccc1. The summed E-state index contributed by atoms with van der Waals surface area (Å²) in [4.78, 5) is 0. The van der Waals surface area contributed by atoms with E-state index in [-0.39, 0.29) is 0 Å². The average molecular weight is 157 g/mol. The van der Waals surface area contributed by atoms with Crippen molar-refractivity contribution in [2.75, 3.05) is 6.26 Å². The van der Waals surface area contributed by atoms with Gasteiger partial charge < -0.3 is 5.11 Å². The van der Waals surface area contributed by atoms with E-state index >= 15 is 0 Å². The van der Waals surface area contributed by atoms with Gasteiger partial charge in [-0.15, -0.1) is 0 Å². The van der Waals surface area contributed by atoms with Gasteiger partial charge in [-0.25, -0.2) is 0 Å². The van der Waals surface area contributed by atoms with Gasteiger partial charge in [-0.1, -0.05) is 18.2 Å². The monoisotopic (exact) mass is 157 g/mol. The number of phenols is 1. The standard InChI is InChI=1S/C6H6O.CH3OS/c7-6-4-2-1-3-5-6;1-3-2/h1-5,7H;1H3/q;+1. The van der Waals surface area contributed by atoms with Gasteiger partial charge >= 0.3 is 11.7 Å². The Kier molecular flexibility index (Phi) is 5.57. The topological polar surface area (TPSA) is 37.3 Å². The van der Waals surface area contributed by atoms with E-state index in [1.807, 2.05) is 6.07 Å². The smallest absolute Gasteiger partial charge is 0.455 e. The summed E-state index contributed by atoms with van der Waals surface area (Å²) in [6.07, 6.45) is 1.49. The highest BCUT2D eigenvalue weighted by molar-refractivity contribution is 7.64. The van der Waals surface area contributed by atoms with Crippen LogP contribution in [-0.4, -0.2) is 11.4 Å². The zero-order valence-electron chi connectivity index (χ0n) is 5.65. The minimum atomic E-state index is 0.322. The minimum Gasteiger partial charge on any atom is -0.508 e. The molecule has 0 saturated heterocycles. The van der Waals surface area contributed by atoms with Crippen LogP contribution in [0.2, 0.25) is 0 Å². The Morgan fingerprint density at radius 1 is 1.30 bits per heavy atom. The Morgan fingerprint density at radius 2 is 1.70 bits per heavy atom. The molecule has 0 amide bonds. The molecule has 2 nitrogen and oxygen atoms in total. The predicted octanol–water partition coefficient (Wildman–Crippen LogP) is 1.44. The van der Waals surface area contributed by atoms with E-state index in [0.29, 0.717) is 17.4 Å². The second-order valence-electron chi connectivity index (χ2n) is 1.50. The molecule has 0 atom stereocenters. The molecule has 0 fully saturated rings. The number of benzene rings is 1.